The van der Waals surface area contributed by atoms with Crippen LogP contribution in [-0.2, 0) is 0 Å². The summed E-state index contributed by atoms with van der Waals surface area (Å²) in [4.78, 5) is 3.50. The molecule has 3 nitrogen and oxygen atoms in total. The second-order valence-electron chi connectivity index (χ2n) is 2.21. The smallest absolute Gasteiger partial charge is 0.267 e. The highest BCUT2D eigenvalue weighted by atomic mass is 79.9. The largest absolute Gasteiger partial charge is 0.383 e. The molecule has 2 N–H and O–H groups in total. The molecule has 68 valence electrons. The van der Waals surface area contributed by atoms with E-state index in [9.17, 15) is 8.78 Å². The molecule has 0 radical (unpaired) electrons. The van der Waals surface area contributed by atoms with Gasteiger partial charge in [0, 0.05) is 0 Å². The van der Waals surface area contributed by atoms with E-state index in [1.165, 1.54) is 0 Å². The van der Waals surface area contributed by atoms with E-state index in [-0.39, 0.29) is 21.5 Å². The number of hydrogen-bond donors (Lipinski definition) is 1. The number of nitrogen functional groups attached to an aromatic ring is 1. The highest BCUT2D eigenvalue weighted by Gasteiger charge is 2.15. The van der Waals surface area contributed by atoms with Crippen LogP contribution in [-0.4, -0.2) is 4.98 Å². The average molecular weight is 248 g/mol. The zero-order valence-corrected chi connectivity index (χ0v) is 7.85. The van der Waals surface area contributed by atoms with E-state index in [2.05, 4.69) is 20.9 Å². The van der Waals surface area contributed by atoms with Gasteiger partial charge in [-0.2, -0.15) is 5.26 Å². The monoisotopic (exact) mass is 247 g/mol. The first kappa shape index (κ1) is 9.86. The summed E-state index contributed by atoms with van der Waals surface area (Å²) in [6, 6.07) is 2.82. The Morgan fingerprint density at radius 2 is 2.23 bits per heavy atom. The van der Waals surface area contributed by atoms with Crippen LogP contribution >= 0.6 is 15.9 Å². The molecule has 1 rings (SSSR count). The van der Waals surface area contributed by atoms with Gasteiger partial charge < -0.3 is 5.73 Å². The summed E-state index contributed by atoms with van der Waals surface area (Å²) in [6.07, 6.45) is -2.68. The van der Waals surface area contributed by atoms with Crippen molar-refractivity contribution in [3.63, 3.8) is 0 Å². The zero-order chi connectivity index (χ0) is 10.0. The second-order valence-corrected chi connectivity index (χ2v) is 3.06. The minimum absolute atomic E-state index is 0.00176. The van der Waals surface area contributed by atoms with Crippen LogP contribution in [0.15, 0.2) is 10.5 Å². The minimum atomic E-state index is -2.68. The van der Waals surface area contributed by atoms with Crippen LogP contribution in [0.25, 0.3) is 0 Å². The SMILES string of the molecule is N#Cc1nc(N)c(C(F)F)cc1Br. The van der Waals surface area contributed by atoms with Gasteiger partial charge in [0.25, 0.3) is 6.43 Å². The van der Waals surface area contributed by atoms with Crippen molar-refractivity contribution in [2.24, 2.45) is 0 Å². The summed E-state index contributed by atoms with van der Waals surface area (Å²) in [5, 5.41) is 8.49. The van der Waals surface area contributed by atoms with Crippen molar-refractivity contribution < 1.29 is 8.78 Å². The van der Waals surface area contributed by atoms with Gasteiger partial charge in [-0.1, -0.05) is 0 Å². The molecule has 0 amide bonds. The summed E-state index contributed by atoms with van der Waals surface area (Å²) in [5.41, 5.74) is 4.84. The molecule has 1 aromatic rings. The van der Waals surface area contributed by atoms with Gasteiger partial charge in [0.05, 0.1) is 10.0 Å². The highest BCUT2D eigenvalue weighted by molar-refractivity contribution is 9.10. The van der Waals surface area contributed by atoms with Crippen LogP contribution < -0.4 is 5.73 Å². The van der Waals surface area contributed by atoms with Gasteiger partial charge in [0.1, 0.15) is 11.9 Å². The van der Waals surface area contributed by atoms with Crippen molar-refractivity contribution in [3.8, 4) is 6.07 Å². The van der Waals surface area contributed by atoms with Crippen molar-refractivity contribution >= 4 is 21.7 Å². The van der Waals surface area contributed by atoms with E-state index < -0.39 is 6.43 Å². The molecule has 0 atom stereocenters. The second kappa shape index (κ2) is 3.66. The van der Waals surface area contributed by atoms with Gasteiger partial charge in [-0.3, -0.25) is 0 Å². The van der Waals surface area contributed by atoms with Gasteiger partial charge in [-0.05, 0) is 22.0 Å². The summed E-state index contributed by atoms with van der Waals surface area (Å²) >= 11 is 2.94. The van der Waals surface area contributed by atoms with E-state index in [0.717, 1.165) is 6.07 Å². The topological polar surface area (TPSA) is 62.7 Å². The van der Waals surface area contributed by atoms with Gasteiger partial charge >= 0.3 is 0 Å². The normalized spacial score (nSPS) is 10.1. The number of nitriles is 1. The number of alkyl halides is 2. The Bertz CT molecular complexity index is 373. The Kier molecular flexibility index (Phi) is 2.78. The van der Waals surface area contributed by atoms with Gasteiger partial charge in [0.2, 0.25) is 0 Å². The molecular weight excluding hydrogens is 244 g/mol. The minimum Gasteiger partial charge on any atom is -0.383 e. The molecule has 1 heterocycles. The van der Waals surface area contributed by atoms with Gasteiger partial charge in [-0.15, -0.1) is 0 Å². The molecule has 0 spiro atoms. The van der Waals surface area contributed by atoms with E-state index in [1.54, 1.807) is 6.07 Å². The molecule has 0 aliphatic carbocycles. The molecule has 1 aromatic heterocycles. The summed E-state index contributed by atoms with van der Waals surface area (Å²) in [5.74, 6) is -0.310. The molecule has 0 bridgehead atoms. The summed E-state index contributed by atoms with van der Waals surface area (Å²) in [7, 11) is 0. The molecule has 0 aliphatic heterocycles. The number of aromatic nitrogens is 1. The van der Waals surface area contributed by atoms with Crippen molar-refractivity contribution in [1.82, 2.24) is 4.98 Å². The number of anilines is 1. The predicted molar refractivity (Wildman–Crippen MR) is 46.0 cm³/mol. The van der Waals surface area contributed by atoms with Crippen LogP contribution in [0.2, 0.25) is 0 Å². The third-order valence-electron chi connectivity index (χ3n) is 1.38. The van der Waals surface area contributed by atoms with Crippen molar-refractivity contribution in [2.75, 3.05) is 5.73 Å². The lowest BCUT2D eigenvalue weighted by atomic mass is 10.2. The first-order chi connectivity index (χ1) is 6.06. The number of nitrogens with two attached hydrogens (primary N) is 1. The number of rotatable bonds is 1. The fraction of sp³-hybridized carbons (Fsp3) is 0.143. The Morgan fingerprint density at radius 1 is 1.62 bits per heavy atom. The highest BCUT2D eigenvalue weighted by Crippen LogP contribution is 2.27. The maximum Gasteiger partial charge on any atom is 0.267 e. The summed E-state index contributed by atoms with van der Waals surface area (Å²) < 4.78 is 24.7. The number of nitrogens with zero attached hydrogens (tertiary/aromatic N) is 2. The van der Waals surface area contributed by atoms with E-state index in [4.69, 9.17) is 11.0 Å². The summed E-state index contributed by atoms with van der Waals surface area (Å²) in [6.45, 7) is 0. The molecule has 0 saturated carbocycles. The van der Waals surface area contributed by atoms with Crippen LogP contribution in [0.1, 0.15) is 17.7 Å². The molecular formula is C7H4BrF2N3. The van der Waals surface area contributed by atoms with Crippen LogP contribution in [0.5, 0.6) is 0 Å². The third-order valence-corrected chi connectivity index (χ3v) is 1.98. The van der Waals surface area contributed by atoms with Crippen LogP contribution in [0, 0.1) is 11.3 Å². The van der Waals surface area contributed by atoms with Crippen LogP contribution in [0.3, 0.4) is 0 Å². The molecule has 13 heavy (non-hydrogen) atoms. The molecule has 0 aromatic carbocycles. The molecule has 0 aliphatic rings. The molecule has 0 fully saturated rings. The fourth-order valence-electron chi connectivity index (χ4n) is 0.770. The Morgan fingerprint density at radius 3 is 2.69 bits per heavy atom. The third kappa shape index (κ3) is 1.92. The van der Waals surface area contributed by atoms with Gasteiger partial charge in [-0.25, -0.2) is 13.8 Å². The predicted octanol–water partition coefficient (Wildman–Crippen LogP) is 2.24. The fourth-order valence-corrected chi connectivity index (χ4v) is 1.19. The molecule has 0 saturated heterocycles. The maximum absolute atomic E-state index is 12.2. The zero-order valence-electron chi connectivity index (χ0n) is 6.26. The Balaban J connectivity index is 3.31. The molecule has 6 heteroatoms. The number of halogens is 3. The van der Waals surface area contributed by atoms with E-state index in [0.29, 0.717) is 0 Å². The van der Waals surface area contributed by atoms with Gasteiger partial charge in [0.15, 0.2) is 5.69 Å². The quantitative estimate of drug-likeness (QED) is 0.828. The number of pyridine rings is 1. The standard InChI is InChI=1S/C7H4BrF2N3/c8-4-1-3(6(9)10)7(12)13-5(4)2-11/h1,6H,(H2,12,13). The first-order valence-electron chi connectivity index (χ1n) is 3.20. The number of hydrogen-bond acceptors (Lipinski definition) is 3. The Labute approximate surface area is 81.3 Å². The lowest BCUT2D eigenvalue weighted by Gasteiger charge is -2.04. The molecule has 0 unspecified atom stereocenters. The lowest BCUT2D eigenvalue weighted by Crippen LogP contribution is -2.00. The van der Waals surface area contributed by atoms with Crippen LogP contribution in [0.4, 0.5) is 14.6 Å². The first-order valence-corrected chi connectivity index (χ1v) is 3.99. The average Bonchev–Trinajstić information content (AvgIpc) is 2.07. The van der Waals surface area contributed by atoms with E-state index in [1.807, 2.05) is 0 Å². The van der Waals surface area contributed by atoms with E-state index >= 15 is 0 Å². The van der Waals surface area contributed by atoms with Crippen molar-refractivity contribution in [2.45, 2.75) is 6.43 Å². The lowest BCUT2D eigenvalue weighted by molar-refractivity contribution is 0.152. The van der Waals surface area contributed by atoms with Crippen molar-refractivity contribution in [1.29, 1.82) is 5.26 Å². The Hall–Kier alpha value is -1.22. The maximum atomic E-state index is 12.2. The van der Waals surface area contributed by atoms with Crippen molar-refractivity contribution in [3.05, 3.63) is 21.8 Å².